The number of benzene rings is 1. The number of pyridine rings is 2. The van der Waals surface area contributed by atoms with Crippen LogP contribution in [0.3, 0.4) is 0 Å². The summed E-state index contributed by atoms with van der Waals surface area (Å²) in [7, 11) is -3.54. The van der Waals surface area contributed by atoms with Gasteiger partial charge in [-0.1, -0.05) is 24.3 Å². The molecule has 1 N–H and O–H groups in total. The van der Waals surface area contributed by atoms with E-state index in [2.05, 4.69) is 25.4 Å². The Kier molecular flexibility index (Phi) is 6.12. The first-order valence-electron chi connectivity index (χ1n) is 11.0. The number of nitrogens with zero attached hydrogens (tertiary/aromatic N) is 5. The third kappa shape index (κ3) is 5.00. The molecule has 4 heterocycles. The smallest absolute Gasteiger partial charge is 0.363 e. The van der Waals surface area contributed by atoms with Gasteiger partial charge in [0, 0.05) is 42.2 Å². The second kappa shape index (κ2) is 9.28. The topological polar surface area (TPSA) is 102 Å². The number of anilines is 1. The molecule has 5 rings (SSSR count). The molecule has 0 unspecified atom stereocenters. The third-order valence-electron chi connectivity index (χ3n) is 5.60. The molecule has 0 aliphatic rings. The first kappa shape index (κ1) is 24.4. The van der Waals surface area contributed by atoms with Crippen molar-refractivity contribution in [3.63, 3.8) is 0 Å². The van der Waals surface area contributed by atoms with Crippen molar-refractivity contribution >= 4 is 21.2 Å². The van der Waals surface area contributed by atoms with Gasteiger partial charge < -0.3 is 5.32 Å². The van der Waals surface area contributed by atoms with Crippen LogP contribution < -0.4 is 5.32 Å². The molecule has 0 atom stereocenters. The number of nitrogens with one attached hydrogen (secondary N) is 1. The predicted molar refractivity (Wildman–Crippen MR) is 131 cm³/mol. The highest BCUT2D eigenvalue weighted by molar-refractivity contribution is 7.90. The highest BCUT2D eigenvalue weighted by Crippen LogP contribution is 2.40. The van der Waals surface area contributed by atoms with E-state index in [1.54, 1.807) is 18.3 Å². The van der Waals surface area contributed by atoms with Crippen LogP contribution in [0.5, 0.6) is 0 Å². The Morgan fingerprint density at radius 2 is 1.78 bits per heavy atom. The average Bonchev–Trinajstić information content (AvgIpc) is 3.31. The van der Waals surface area contributed by atoms with Crippen LogP contribution in [-0.4, -0.2) is 39.2 Å². The number of rotatable bonds is 6. The summed E-state index contributed by atoms with van der Waals surface area (Å²) >= 11 is 0. The van der Waals surface area contributed by atoms with Crippen LogP contribution in [0.1, 0.15) is 11.3 Å². The highest BCUT2D eigenvalue weighted by Gasteiger charge is 2.34. The van der Waals surface area contributed by atoms with Crippen molar-refractivity contribution in [3.05, 3.63) is 90.6 Å². The summed E-state index contributed by atoms with van der Waals surface area (Å²) in [4.78, 5) is 12.8. The molecule has 0 aliphatic heterocycles. The summed E-state index contributed by atoms with van der Waals surface area (Å²) in [5.74, 6) is 0.387. The van der Waals surface area contributed by atoms with E-state index in [1.165, 1.54) is 53.4 Å². The van der Waals surface area contributed by atoms with Gasteiger partial charge in [-0.05, 0) is 35.9 Å². The van der Waals surface area contributed by atoms with Crippen molar-refractivity contribution in [1.29, 1.82) is 0 Å². The number of alkyl halides is 3. The monoisotopic (exact) mass is 524 g/mol. The Morgan fingerprint density at radius 1 is 1.00 bits per heavy atom. The maximum atomic E-state index is 13.8. The molecule has 12 heteroatoms. The Hall–Kier alpha value is -4.32. The third-order valence-corrected chi connectivity index (χ3v) is 6.68. The van der Waals surface area contributed by atoms with Crippen molar-refractivity contribution < 1.29 is 21.6 Å². The van der Waals surface area contributed by atoms with Gasteiger partial charge in [-0.25, -0.2) is 17.9 Å². The fourth-order valence-corrected chi connectivity index (χ4v) is 4.47. The van der Waals surface area contributed by atoms with E-state index in [0.717, 1.165) is 12.3 Å². The van der Waals surface area contributed by atoms with Crippen LogP contribution in [0.2, 0.25) is 0 Å². The van der Waals surface area contributed by atoms with Gasteiger partial charge in [0.2, 0.25) is 0 Å². The number of sulfone groups is 1. The van der Waals surface area contributed by atoms with E-state index >= 15 is 0 Å². The number of aromatic nitrogens is 5. The molecule has 188 valence electrons. The van der Waals surface area contributed by atoms with E-state index < -0.39 is 21.6 Å². The Bertz CT molecular complexity index is 1700. The highest BCUT2D eigenvalue weighted by atomic mass is 32.2. The van der Waals surface area contributed by atoms with Gasteiger partial charge in [-0.3, -0.25) is 9.97 Å². The first-order chi connectivity index (χ1) is 17.6. The predicted octanol–water partition coefficient (Wildman–Crippen LogP) is 4.89. The van der Waals surface area contributed by atoms with Crippen molar-refractivity contribution in [2.24, 2.45) is 0 Å². The summed E-state index contributed by atoms with van der Waals surface area (Å²) < 4.78 is 66.9. The van der Waals surface area contributed by atoms with Crippen LogP contribution in [0.4, 0.5) is 19.0 Å². The summed E-state index contributed by atoms with van der Waals surface area (Å²) in [5, 5.41) is 7.62. The van der Waals surface area contributed by atoms with Crippen LogP contribution in [-0.2, 0) is 22.6 Å². The fraction of sp³-hybridized carbons (Fsp3) is 0.120. The van der Waals surface area contributed by atoms with Gasteiger partial charge in [0.15, 0.2) is 21.5 Å². The van der Waals surface area contributed by atoms with E-state index in [0.29, 0.717) is 16.8 Å². The molecule has 37 heavy (non-hydrogen) atoms. The molecule has 0 saturated carbocycles. The lowest BCUT2D eigenvalue weighted by Gasteiger charge is -2.14. The summed E-state index contributed by atoms with van der Waals surface area (Å²) in [6.45, 7) is 0.236. The lowest BCUT2D eigenvalue weighted by molar-refractivity contribution is -0.137. The quantitative estimate of drug-likeness (QED) is 0.338. The van der Waals surface area contributed by atoms with Crippen molar-refractivity contribution in [1.82, 2.24) is 24.6 Å². The second-order valence-electron chi connectivity index (χ2n) is 8.21. The summed E-state index contributed by atoms with van der Waals surface area (Å²) in [6.07, 6.45) is 2.30. The molecule has 0 bridgehead atoms. The number of hydrogen-bond acceptors (Lipinski definition) is 7. The van der Waals surface area contributed by atoms with Gasteiger partial charge in [0.05, 0.1) is 22.7 Å². The zero-order valence-corrected chi connectivity index (χ0v) is 20.1. The maximum Gasteiger partial charge on any atom is 0.417 e. The summed E-state index contributed by atoms with van der Waals surface area (Å²) in [6, 6.07) is 13.6. The SMILES string of the molecule is CS(=O)(=O)c1cncc(-c2nc(NCc3ccccn3)c3c(-c4ccccc4C(F)(F)F)ccn3n2)c1. The van der Waals surface area contributed by atoms with Crippen LogP contribution in [0, 0.1) is 0 Å². The lowest BCUT2D eigenvalue weighted by atomic mass is 10.0. The standard InChI is InChI=1S/C25H19F3N6O2S/c1-37(35,36)18-12-16(13-29-15-18)23-32-24(31-14-17-6-4-5-10-30-17)22-20(9-11-34(22)33-23)19-7-2-3-8-21(19)25(26,27)28/h2-13,15H,14H2,1H3,(H,31,32,33). The molecule has 5 aromatic rings. The molecule has 0 spiro atoms. The van der Waals surface area contributed by atoms with Gasteiger partial charge in [0.25, 0.3) is 0 Å². The molecule has 0 radical (unpaired) electrons. The van der Waals surface area contributed by atoms with Crippen molar-refractivity contribution in [2.45, 2.75) is 17.6 Å². The minimum atomic E-state index is -4.56. The minimum absolute atomic E-state index is 0.0102. The molecule has 0 amide bonds. The van der Waals surface area contributed by atoms with Crippen molar-refractivity contribution in [3.8, 4) is 22.5 Å². The van der Waals surface area contributed by atoms with Crippen molar-refractivity contribution in [2.75, 3.05) is 11.6 Å². The van der Waals surface area contributed by atoms with Gasteiger partial charge in [-0.15, -0.1) is 5.10 Å². The van der Waals surface area contributed by atoms with Gasteiger partial charge in [-0.2, -0.15) is 13.2 Å². The molecular weight excluding hydrogens is 505 g/mol. The number of halogens is 3. The summed E-state index contributed by atoms with van der Waals surface area (Å²) in [5.41, 5.74) is 0.819. The van der Waals surface area contributed by atoms with Crippen LogP contribution in [0.15, 0.2) is 84.3 Å². The van der Waals surface area contributed by atoms with E-state index in [9.17, 15) is 21.6 Å². The molecule has 1 aromatic carbocycles. The molecular formula is C25H19F3N6O2S. The lowest BCUT2D eigenvalue weighted by Crippen LogP contribution is -2.09. The maximum absolute atomic E-state index is 13.8. The average molecular weight is 525 g/mol. The normalized spacial score (nSPS) is 12.1. The molecule has 0 aliphatic carbocycles. The zero-order valence-electron chi connectivity index (χ0n) is 19.3. The fourth-order valence-electron chi connectivity index (χ4n) is 3.87. The minimum Gasteiger partial charge on any atom is -0.363 e. The second-order valence-corrected chi connectivity index (χ2v) is 10.2. The van der Waals surface area contributed by atoms with E-state index in [4.69, 9.17) is 0 Å². The number of hydrogen-bond donors (Lipinski definition) is 1. The zero-order chi connectivity index (χ0) is 26.2. The first-order valence-corrected chi connectivity index (χ1v) is 12.9. The Labute approximate surface area is 209 Å². The van der Waals surface area contributed by atoms with Crippen LogP contribution >= 0.6 is 0 Å². The van der Waals surface area contributed by atoms with Crippen LogP contribution in [0.25, 0.3) is 28.0 Å². The van der Waals surface area contributed by atoms with Gasteiger partial charge in [0.1, 0.15) is 5.52 Å². The Balaban J connectivity index is 1.70. The van der Waals surface area contributed by atoms with Gasteiger partial charge >= 0.3 is 6.18 Å². The molecule has 0 saturated heterocycles. The molecule has 8 nitrogen and oxygen atoms in total. The number of fused-ring (bicyclic) bond motifs is 1. The van der Waals surface area contributed by atoms with E-state index in [-0.39, 0.29) is 34.2 Å². The largest absolute Gasteiger partial charge is 0.417 e. The Morgan fingerprint density at radius 3 is 2.51 bits per heavy atom. The molecule has 0 fully saturated rings. The molecule has 4 aromatic heterocycles. The van der Waals surface area contributed by atoms with E-state index in [1.807, 2.05) is 6.07 Å².